The van der Waals surface area contributed by atoms with Crippen LogP contribution in [0.4, 0.5) is 0 Å². The Kier molecular flexibility index (Phi) is 4.17. The molecular formula is C20H21NO2S. The van der Waals surface area contributed by atoms with E-state index >= 15 is 0 Å². The standard InChI is InChI=1S/C20H21NO2S/c1-23-16-8-4-14-5-9-20(22)19(18(14)11-16)13-21(15-6-7-15)12-17-3-2-10-24-17/h2-5,8-11,15,22H,6-7,12-13H2,1H3. The molecule has 1 aromatic heterocycles. The normalized spacial score (nSPS) is 14.4. The first kappa shape index (κ1) is 15.5. The topological polar surface area (TPSA) is 32.7 Å². The van der Waals surface area contributed by atoms with E-state index in [2.05, 4.69) is 28.5 Å². The lowest BCUT2D eigenvalue weighted by molar-refractivity contribution is 0.245. The van der Waals surface area contributed by atoms with Crippen LogP contribution in [0.3, 0.4) is 0 Å². The summed E-state index contributed by atoms with van der Waals surface area (Å²) < 4.78 is 5.37. The fourth-order valence-electron chi connectivity index (χ4n) is 3.20. The van der Waals surface area contributed by atoms with Crippen LogP contribution in [0.5, 0.6) is 11.5 Å². The van der Waals surface area contributed by atoms with Crippen molar-refractivity contribution in [3.8, 4) is 11.5 Å². The minimum atomic E-state index is 0.368. The summed E-state index contributed by atoms with van der Waals surface area (Å²) in [6.45, 7) is 1.71. The van der Waals surface area contributed by atoms with E-state index in [1.165, 1.54) is 17.7 Å². The van der Waals surface area contributed by atoms with Crippen LogP contribution >= 0.6 is 11.3 Å². The molecule has 0 aliphatic heterocycles. The molecule has 1 aliphatic carbocycles. The Morgan fingerprint density at radius 1 is 1.17 bits per heavy atom. The number of fused-ring (bicyclic) bond motifs is 1. The van der Waals surface area contributed by atoms with Gasteiger partial charge in [-0.1, -0.05) is 18.2 Å². The first-order valence-corrected chi connectivity index (χ1v) is 9.17. The van der Waals surface area contributed by atoms with Crippen molar-refractivity contribution in [3.63, 3.8) is 0 Å². The Bertz CT molecular complexity index is 840. The molecule has 0 saturated heterocycles. The molecule has 124 valence electrons. The van der Waals surface area contributed by atoms with Crippen LogP contribution in [0.1, 0.15) is 23.3 Å². The van der Waals surface area contributed by atoms with E-state index in [-0.39, 0.29) is 0 Å². The van der Waals surface area contributed by atoms with E-state index in [0.29, 0.717) is 11.8 Å². The average Bonchev–Trinajstić information content (AvgIpc) is 3.33. The van der Waals surface area contributed by atoms with Crippen molar-refractivity contribution in [1.82, 2.24) is 4.90 Å². The van der Waals surface area contributed by atoms with Gasteiger partial charge in [-0.25, -0.2) is 0 Å². The predicted octanol–water partition coefficient (Wildman–Crippen LogP) is 4.78. The van der Waals surface area contributed by atoms with Gasteiger partial charge in [0.25, 0.3) is 0 Å². The third kappa shape index (κ3) is 3.12. The smallest absolute Gasteiger partial charge is 0.120 e. The number of rotatable bonds is 6. The summed E-state index contributed by atoms with van der Waals surface area (Å²) in [6, 6.07) is 14.7. The summed E-state index contributed by atoms with van der Waals surface area (Å²) in [5.74, 6) is 1.19. The van der Waals surface area contributed by atoms with Gasteiger partial charge in [-0.05, 0) is 53.3 Å². The quantitative estimate of drug-likeness (QED) is 0.701. The second kappa shape index (κ2) is 6.46. The minimum Gasteiger partial charge on any atom is -0.508 e. The lowest BCUT2D eigenvalue weighted by Crippen LogP contribution is -2.24. The molecule has 1 heterocycles. The van der Waals surface area contributed by atoms with Crippen LogP contribution in [0.2, 0.25) is 0 Å². The van der Waals surface area contributed by atoms with Crippen molar-refractivity contribution < 1.29 is 9.84 Å². The van der Waals surface area contributed by atoms with Gasteiger partial charge in [0.1, 0.15) is 11.5 Å². The predicted molar refractivity (Wildman–Crippen MR) is 98.8 cm³/mol. The number of ether oxygens (including phenoxy) is 1. The van der Waals surface area contributed by atoms with Crippen molar-refractivity contribution in [3.05, 3.63) is 58.3 Å². The number of nitrogens with zero attached hydrogens (tertiary/aromatic N) is 1. The van der Waals surface area contributed by atoms with Crippen LogP contribution in [-0.2, 0) is 13.1 Å². The first-order chi connectivity index (χ1) is 11.7. The first-order valence-electron chi connectivity index (χ1n) is 8.29. The van der Waals surface area contributed by atoms with Gasteiger partial charge in [-0.2, -0.15) is 0 Å². The number of thiophene rings is 1. The third-order valence-electron chi connectivity index (χ3n) is 4.68. The highest BCUT2D eigenvalue weighted by molar-refractivity contribution is 7.09. The molecule has 0 unspecified atom stereocenters. The highest BCUT2D eigenvalue weighted by Gasteiger charge is 2.30. The minimum absolute atomic E-state index is 0.368. The number of hydrogen-bond donors (Lipinski definition) is 1. The summed E-state index contributed by atoms with van der Waals surface area (Å²) in [5, 5.41) is 14.8. The van der Waals surface area contributed by atoms with Crippen LogP contribution in [0.15, 0.2) is 47.8 Å². The SMILES string of the molecule is COc1ccc2ccc(O)c(CN(Cc3cccs3)C3CC3)c2c1. The molecule has 3 aromatic rings. The summed E-state index contributed by atoms with van der Waals surface area (Å²) in [7, 11) is 1.68. The van der Waals surface area contributed by atoms with Gasteiger partial charge in [0, 0.05) is 29.6 Å². The van der Waals surface area contributed by atoms with E-state index in [1.807, 2.05) is 18.2 Å². The summed E-state index contributed by atoms with van der Waals surface area (Å²) in [5.41, 5.74) is 0.995. The zero-order chi connectivity index (χ0) is 16.5. The number of phenolic OH excluding ortho intramolecular Hbond substituents is 1. The molecule has 1 aliphatic rings. The van der Waals surface area contributed by atoms with Crippen molar-refractivity contribution in [2.75, 3.05) is 7.11 Å². The van der Waals surface area contributed by atoms with Gasteiger partial charge in [-0.3, -0.25) is 4.90 Å². The summed E-state index contributed by atoms with van der Waals surface area (Å²) >= 11 is 1.80. The lowest BCUT2D eigenvalue weighted by Gasteiger charge is -2.23. The monoisotopic (exact) mass is 339 g/mol. The van der Waals surface area contributed by atoms with Crippen LogP contribution in [0.25, 0.3) is 10.8 Å². The molecule has 0 spiro atoms. The highest BCUT2D eigenvalue weighted by atomic mass is 32.1. The molecule has 4 heteroatoms. The Hall–Kier alpha value is -2.04. The van der Waals surface area contributed by atoms with Gasteiger partial charge in [0.15, 0.2) is 0 Å². The maximum absolute atomic E-state index is 10.5. The molecule has 0 radical (unpaired) electrons. The van der Waals surface area contributed by atoms with Crippen molar-refractivity contribution >= 4 is 22.1 Å². The summed E-state index contributed by atoms with van der Waals surface area (Å²) in [6.07, 6.45) is 2.50. The highest BCUT2D eigenvalue weighted by Crippen LogP contribution is 2.35. The van der Waals surface area contributed by atoms with Crippen LogP contribution in [0, 0.1) is 0 Å². The Morgan fingerprint density at radius 2 is 2.00 bits per heavy atom. The summed E-state index contributed by atoms with van der Waals surface area (Å²) in [4.78, 5) is 3.86. The number of hydrogen-bond acceptors (Lipinski definition) is 4. The van der Waals surface area contributed by atoms with Crippen molar-refractivity contribution in [2.45, 2.75) is 32.0 Å². The van der Waals surface area contributed by atoms with E-state index in [4.69, 9.17) is 4.74 Å². The number of methoxy groups -OCH3 is 1. The fourth-order valence-corrected chi connectivity index (χ4v) is 3.93. The zero-order valence-corrected chi connectivity index (χ0v) is 14.6. The maximum atomic E-state index is 10.5. The van der Waals surface area contributed by atoms with Gasteiger partial charge in [0.05, 0.1) is 7.11 Å². The Labute approximate surface area is 146 Å². The van der Waals surface area contributed by atoms with Crippen LogP contribution < -0.4 is 4.74 Å². The number of aromatic hydroxyl groups is 1. The molecule has 24 heavy (non-hydrogen) atoms. The lowest BCUT2D eigenvalue weighted by atomic mass is 10.0. The Morgan fingerprint density at radius 3 is 2.71 bits per heavy atom. The zero-order valence-electron chi connectivity index (χ0n) is 13.7. The van der Waals surface area contributed by atoms with Gasteiger partial charge < -0.3 is 9.84 Å². The molecule has 0 atom stereocenters. The molecule has 1 fully saturated rings. The van der Waals surface area contributed by atoms with E-state index in [1.54, 1.807) is 24.5 Å². The Balaban J connectivity index is 1.70. The second-order valence-electron chi connectivity index (χ2n) is 6.37. The average molecular weight is 339 g/mol. The molecular weight excluding hydrogens is 318 g/mol. The molecule has 3 nitrogen and oxygen atoms in total. The van der Waals surface area contributed by atoms with Crippen LogP contribution in [-0.4, -0.2) is 23.2 Å². The number of phenols is 1. The van der Waals surface area contributed by atoms with Gasteiger partial charge >= 0.3 is 0 Å². The maximum Gasteiger partial charge on any atom is 0.120 e. The van der Waals surface area contributed by atoms with Gasteiger partial charge in [0.2, 0.25) is 0 Å². The van der Waals surface area contributed by atoms with Crippen molar-refractivity contribution in [2.24, 2.45) is 0 Å². The molecule has 1 saturated carbocycles. The van der Waals surface area contributed by atoms with Crippen molar-refractivity contribution in [1.29, 1.82) is 0 Å². The fraction of sp³-hybridized carbons (Fsp3) is 0.300. The van der Waals surface area contributed by atoms with Gasteiger partial charge in [-0.15, -0.1) is 11.3 Å². The molecule has 1 N–H and O–H groups in total. The molecule has 0 amide bonds. The van der Waals surface area contributed by atoms with E-state index in [0.717, 1.165) is 35.2 Å². The molecule has 0 bridgehead atoms. The second-order valence-corrected chi connectivity index (χ2v) is 7.40. The third-order valence-corrected chi connectivity index (χ3v) is 5.54. The molecule has 2 aromatic carbocycles. The van der Waals surface area contributed by atoms with E-state index in [9.17, 15) is 5.11 Å². The largest absolute Gasteiger partial charge is 0.508 e. The van der Waals surface area contributed by atoms with E-state index < -0.39 is 0 Å². The molecule has 4 rings (SSSR count). The number of benzene rings is 2.